The number of aryl methyl sites for hydroxylation is 1. The minimum Gasteiger partial charge on any atom is -0.363 e. The van der Waals surface area contributed by atoms with Crippen LogP contribution >= 0.6 is 11.6 Å². The van der Waals surface area contributed by atoms with Gasteiger partial charge in [-0.15, -0.1) is 0 Å². The molecule has 1 amide bonds. The number of carbonyl (C=O) groups excluding carboxylic acids is 1. The zero-order valence-electron chi connectivity index (χ0n) is 23.6. The maximum Gasteiger partial charge on any atom is 0.416 e. The molecule has 1 aliphatic carbocycles. The number of hydrogen-bond donors (Lipinski definition) is 0. The predicted octanol–water partition coefficient (Wildman–Crippen LogP) is 7.14. The average molecular weight is 593 g/mol. The Bertz CT molecular complexity index is 1320. The van der Waals surface area contributed by atoms with Gasteiger partial charge in [-0.1, -0.05) is 30.7 Å². The Morgan fingerprint density at radius 3 is 2.51 bits per heavy atom. The first-order chi connectivity index (χ1) is 19.5. The van der Waals surface area contributed by atoms with Crippen LogP contribution in [-0.4, -0.2) is 53.6 Å². The molecule has 0 radical (unpaired) electrons. The highest BCUT2D eigenvalue weighted by Gasteiger charge is 2.56. The molecule has 9 heteroatoms. The maximum absolute atomic E-state index is 14.0. The van der Waals surface area contributed by atoms with Gasteiger partial charge in [0, 0.05) is 30.7 Å². The van der Waals surface area contributed by atoms with Gasteiger partial charge in [0.2, 0.25) is 0 Å². The number of likely N-dealkylation sites (tertiary alicyclic amines) is 1. The number of carbonyl (C=O) groups is 1. The Hall–Kier alpha value is -2.16. The van der Waals surface area contributed by atoms with E-state index >= 15 is 0 Å². The SMILES string of the molecule is Cc1cc([C@H]2CCN([C@@H]3CC[C@@](C(=O)N4CCc5c(Cl)cc(C(F)(F)F)cc5C4)(C4CC4)OC3)C[C@@H]2C)ccc1F. The minimum atomic E-state index is -4.49. The van der Waals surface area contributed by atoms with Crippen LogP contribution in [0.3, 0.4) is 0 Å². The van der Waals surface area contributed by atoms with Crippen molar-refractivity contribution in [2.45, 2.75) is 82.7 Å². The Labute approximate surface area is 244 Å². The second-order valence-electron chi connectivity index (χ2n) is 12.6. The number of rotatable bonds is 4. The summed E-state index contributed by atoms with van der Waals surface area (Å²) in [6.07, 6.45) is 0.274. The Kier molecular flexibility index (Phi) is 7.65. The van der Waals surface area contributed by atoms with E-state index < -0.39 is 17.3 Å². The van der Waals surface area contributed by atoms with Crippen LogP contribution in [0.1, 0.15) is 72.8 Å². The van der Waals surface area contributed by atoms with Crippen LogP contribution in [-0.2, 0) is 28.7 Å². The Morgan fingerprint density at radius 1 is 1.10 bits per heavy atom. The number of halogens is 5. The number of ether oxygens (including phenoxy) is 1. The van der Waals surface area contributed by atoms with E-state index in [2.05, 4.69) is 11.8 Å². The second kappa shape index (κ2) is 10.8. The molecule has 4 atom stereocenters. The molecule has 3 aliphatic heterocycles. The van der Waals surface area contributed by atoms with E-state index in [-0.39, 0.29) is 35.3 Å². The Balaban J connectivity index is 1.12. The van der Waals surface area contributed by atoms with Crippen molar-refractivity contribution in [2.75, 3.05) is 26.2 Å². The third-order valence-electron chi connectivity index (χ3n) is 9.94. The van der Waals surface area contributed by atoms with E-state index in [1.165, 1.54) is 5.56 Å². The molecule has 4 nitrogen and oxygen atoms in total. The van der Waals surface area contributed by atoms with Crippen LogP contribution in [0.2, 0.25) is 5.02 Å². The van der Waals surface area contributed by atoms with Gasteiger partial charge in [0.05, 0.1) is 12.2 Å². The van der Waals surface area contributed by atoms with Gasteiger partial charge in [-0.3, -0.25) is 9.69 Å². The topological polar surface area (TPSA) is 32.8 Å². The highest BCUT2D eigenvalue weighted by atomic mass is 35.5. The molecule has 2 aromatic rings. The van der Waals surface area contributed by atoms with Gasteiger partial charge in [0.1, 0.15) is 11.4 Å². The monoisotopic (exact) mass is 592 g/mol. The molecular weight excluding hydrogens is 556 g/mol. The molecule has 41 heavy (non-hydrogen) atoms. The smallest absolute Gasteiger partial charge is 0.363 e. The standard InChI is InChI=1S/C32H37ClF4N2O2/c1-19-13-21(3-6-29(19)34)26-8-11-38(16-20(26)2)25-7-10-31(41-18-25,23-4-5-23)30(40)39-12-9-27-22(17-39)14-24(15-28(27)33)32(35,36)37/h3,6,13-15,20,23,25-26H,4-5,7-12,16-18H2,1-2H3/t20-,25+,26-,31-/m0/s1. The molecule has 3 heterocycles. The fourth-order valence-electron chi connectivity index (χ4n) is 7.44. The minimum absolute atomic E-state index is 0.0867. The fraction of sp³-hybridized carbons (Fsp3) is 0.594. The molecule has 4 aliphatic rings. The highest BCUT2D eigenvalue weighted by molar-refractivity contribution is 6.31. The molecule has 1 saturated carbocycles. The molecule has 6 rings (SSSR count). The van der Waals surface area contributed by atoms with Crippen molar-refractivity contribution in [3.05, 3.63) is 69.0 Å². The number of fused-ring (bicyclic) bond motifs is 1. The zero-order valence-corrected chi connectivity index (χ0v) is 24.3. The quantitative estimate of drug-likeness (QED) is 0.354. The lowest BCUT2D eigenvalue weighted by Gasteiger charge is -2.48. The average Bonchev–Trinajstić information content (AvgIpc) is 3.80. The van der Waals surface area contributed by atoms with Gasteiger partial charge >= 0.3 is 6.18 Å². The van der Waals surface area contributed by atoms with Crippen LogP contribution in [0.5, 0.6) is 0 Å². The van der Waals surface area contributed by atoms with E-state index in [0.29, 0.717) is 54.5 Å². The van der Waals surface area contributed by atoms with Crippen molar-refractivity contribution in [2.24, 2.45) is 11.8 Å². The van der Waals surface area contributed by atoms with Gasteiger partial charge in [-0.05, 0) is 110 Å². The molecule has 0 spiro atoms. The summed E-state index contributed by atoms with van der Waals surface area (Å²) in [6, 6.07) is 7.80. The van der Waals surface area contributed by atoms with Crippen molar-refractivity contribution in [3.8, 4) is 0 Å². The van der Waals surface area contributed by atoms with Gasteiger partial charge in [0.15, 0.2) is 0 Å². The maximum atomic E-state index is 14.0. The zero-order chi connectivity index (χ0) is 29.1. The molecule has 0 bridgehead atoms. The number of piperidine rings is 1. The van der Waals surface area contributed by atoms with Crippen LogP contribution < -0.4 is 0 Å². The lowest BCUT2D eigenvalue weighted by atomic mass is 9.79. The third kappa shape index (κ3) is 5.52. The summed E-state index contributed by atoms with van der Waals surface area (Å²) in [5.74, 6) is 0.698. The first-order valence-corrected chi connectivity index (χ1v) is 15.2. The number of nitrogens with zero attached hydrogens (tertiary/aromatic N) is 2. The number of benzene rings is 2. The van der Waals surface area contributed by atoms with Crippen molar-refractivity contribution in [3.63, 3.8) is 0 Å². The fourth-order valence-corrected chi connectivity index (χ4v) is 7.77. The predicted molar refractivity (Wildman–Crippen MR) is 149 cm³/mol. The number of alkyl halides is 3. The van der Waals surface area contributed by atoms with Crippen LogP contribution in [0, 0.1) is 24.6 Å². The van der Waals surface area contributed by atoms with E-state index in [0.717, 1.165) is 50.9 Å². The normalized spacial score (nSPS) is 29.3. The highest BCUT2D eigenvalue weighted by Crippen LogP contribution is 2.49. The molecule has 0 unspecified atom stereocenters. The van der Waals surface area contributed by atoms with Gasteiger partial charge in [-0.2, -0.15) is 13.2 Å². The largest absolute Gasteiger partial charge is 0.416 e. The molecule has 3 fully saturated rings. The van der Waals surface area contributed by atoms with Crippen molar-refractivity contribution < 1.29 is 27.1 Å². The van der Waals surface area contributed by atoms with E-state index in [1.807, 2.05) is 19.1 Å². The van der Waals surface area contributed by atoms with E-state index in [9.17, 15) is 22.4 Å². The molecule has 222 valence electrons. The van der Waals surface area contributed by atoms with Crippen LogP contribution in [0.15, 0.2) is 30.3 Å². The van der Waals surface area contributed by atoms with Crippen molar-refractivity contribution in [1.29, 1.82) is 0 Å². The van der Waals surface area contributed by atoms with E-state index in [1.54, 1.807) is 11.0 Å². The first kappa shape index (κ1) is 28.9. The van der Waals surface area contributed by atoms with Gasteiger partial charge < -0.3 is 9.64 Å². The summed E-state index contributed by atoms with van der Waals surface area (Å²) in [6.45, 7) is 6.92. The van der Waals surface area contributed by atoms with Crippen molar-refractivity contribution in [1.82, 2.24) is 9.80 Å². The molecule has 0 aromatic heterocycles. The first-order valence-electron chi connectivity index (χ1n) is 14.8. The van der Waals surface area contributed by atoms with Gasteiger partial charge in [-0.25, -0.2) is 4.39 Å². The van der Waals surface area contributed by atoms with Crippen molar-refractivity contribution >= 4 is 17.5 Å². The number of hydrogen-bond acceptors (Lipinski definition) is 3. The summed E-state index contributed by atoms with van der Waals surface area (Å²) in [5.41, 5.74) is 1.37. The summed E-state index contributed by atoms with van der Waals surface area (Å²) < 4.78 is 60.7. The number of amides is 1. The third-order valence-corrected chi connectivity index (χ3v) is 10.3. The lowest BCUT2D eigenvalue weighted by molar-refractivity contribution is -0.177. The van der Waals surface area contributed by atoms with E-state index in [4.69, 9.17) is 16.3 Å². The summed E-state index contributed by atoms with van der Waals surface area (Å²) in [7, 11) is 0. The molecule has 2 saturated heterocycles. The second-order valence-corrected chi connectivity index (χ2v) is 13.0. The summed E-state index contributed by atoms with van der Waals surface area (Å²) in [4.78, 5) is 18.2. The summed E-state index contributed by atoms with van der Waals surface area (Å²) >= 11 is 6.23. The van der Waals surface area contributed by atoms with Crippen LogP contribution in [0.25, 0.3) is 0 Å². The summed E-state index contributed by atoms with van der Waals surface area (Å²) in [5, 5.41) is 0.114. The lowest BCUT2D eigenvalue weighted by Crippen LogP contribution is -2.59. The Morgan fingerprint density at radius 2 is 1.88 bits per heavy atom. The van der Waals surface area contributed by atoms with Crippen LogP contribution in [0.4, 0.5) is 17.6 Å². The molecule has 0 N–H and O–H groups in total. The van der Waals surface area contributed by atoms with Gasteiger partial charge in [0.25, 0.3) is 5.91 Å². The molecular formula is C32H37ClF4N2O2. The molecule has 2 aromatic carbocycles.